The molecule has 1 aliphatic rings. The van der Waals surface area contributed by atoms with E-state index in [0.29, 0.717) is 12.0 Å². The van der Waals surface area contributed by atoms with Crippen molar-refractivity contribution < 1.29 is 9.15 Å². The van der Waals surface area contributed by atoms with Gasteiger partial charge in [-0.3, -0.25) is 9.89 Å². The molecular formula is C24H36N4O2. The molecule has 1 aliphatic heterocycles. The second-order valence-electron chi connectivity index (χ2n) is 8.14. The SMILES string of the molecule is CC(CCNC(=NCC1CCOC1)NCCc1ccco1)N(C)Cc1ccccc1. The Morgan fingerprint density at radius 2 is 2.00 bits per heavy atom. The highest BCUT2D eigenvalue weighted by Crippen LogP contribution is 2.12. The molecule has 1 aromatic carbocycles. The van der Waals surface area contributed by atoms with Crippen LogP contribution in [0.1, 0.15) is 31.1 Å². The van der Waals surface area contributed by atoms with Gasteiger partial charge in [0.1, 0.15) is 5.76 Å². The summed E-state index contributed by atoms with van der Waals surface area (Å²) in [5.74, 6) is 2.40. The van der Waals surface area contributed by atoms with Gasteiger partial charge in [-0.2, -0.15) is 0 Å². The van der Waals surface area contributed by atoms with Crippen LogP contribution in [0.3, 0.4) is 0 Å². The number of nitrogens with zero attached hydrogens (tertiary/aromatic N) is 2. The van der Waals surface area contributed by atoms with Crippen molar-refractivity contribution in [1.82, 2.24) is 15.5 Å². The lowest BCUT2D eigenvalue weighted by molar-refractivity contribution is 0.187. The van der Waals surface area contributed by atoms with E-state index < -0.39 is 0 Å². The van der Waals surface area contributed by atoms with Crippen molar-refractivity contribution in [1.29, 1.82) is 0 Å². The molecule has 1 fully saturated rings. The Balaban J connectivity index is 1.43. The fourth-order valence-corrected chi connectivity index (χ4v) is 3.53. The predicted molar refractivity (Wildman–Crippen MR) is 122 cm³/mol. The van der Waals surface area contributed by atoms with Gasteiger partial charge in [-0.1, -0.05) is 30.3 Å². The summed E-state index contributed by atoms with van der Waals surface area (Å²) in [6.07, 6.45) is 4.71. The van der Waals surface area contributed by atoms with E-state index in [0.717, 1.165) is 70.4 Å². The molecule has 0 aliphatic carbocycles. The maximum atomic E-state index is 5.48. The second-order valence-corrected chi connectivity index (χ2v) is 8.14. The largest absolute Gasteiger partial charge is 0.469 e. The number of ether oxygens (including phenoxy) is 1. The fourth-order valence-electron chi connectivity index (χ4n) is 3.53. The summed E-state index contributed by atoms with van der Waals surface area (Å²) in [4.78, 5) is 7.20. The van der Waals surface area contributed by atoms with Gasteiger partial charge < -0.3 is 19.8 Å². The Bertz CT molecular complexity index is 727. The quantitative estimate of drug-likeness (QED) is 0.438. The van der Waals surface area contributed by atoms with Gasteiger partial charge in [-0.05, 0) is 44.5 Å². The first-order valence-electron chi connectivity index (χ1n) is 11.1. The van der Waals surface area contributed by atoms with E-state index in [1.165, 1.54) is 5.56 Å². The van der Waals surface area contributed by atoms with Gasteiger partial charge >= 0.3 is 0 Å². The molecule has 2 atom stereocenters. The first-order valence-corrected chi connectivity index (χ1v) is 11.1. The van der Waals surface area contributed by atoms with Crippen molar-refractivity contribution in [3.05, 3.63) is 60.1 Å². The fraction of sp³-hybridized carbons (Fsp3) is 0.542. The molecule has 0 radical (unpaired) electrons. The topological polar surface area (TPSA) is 62.0 Å². The van der Waals surface area contributed by atoms with Gasteiger partial charge in [0.15, 0.2) is 5.96 Å². The van der Waals surface area contributed by atoms with Crippen LogP contribution in [-0.2, 0) is 17.7 Å². The highest BCUT2D eigenvalue weighted by molar-refractivity contribution is 5.79. The lowest BCUT2D eigenvalue weighted by Crippen LogP contribution is -2.41. The summed E-state index contributed by atoms with van der Waals surface area (Å²) in [6, 6.07) is 15.0. The monoisotopic (exact) mass is 412 g/mol. The van der Waals surface area contributed by atoms with Crippen molar-refractivity contribution in [3.8, 4) is 0 Å². The Morgan fingerprint density at radius 1 is 1.17 bits per heavy atom. The Labute approximate surface area is 180 Å². The van der Waals surface area contributed by atoms with Crippen LogP contribution in [0.25, 0.3) is 0 Å². The van der Waals surface area contributed by atoms with Crippen molar-refractivity contribution in [2.45, 2.75) is 38.8 Å². The van der Waals surface area contributed by atoms with Gasteiger partial charge in [-0.15, -0.1) is 0 Å². The van der Waals surface area contributed by atoms with Gasteiger partial charge in [0.25, 0.3) is 0 Å². The molecule has 0 bridgehead atoms. The summed E-state index contributed by atoms with van der Waals surface area (Å²) in [7, 11) is 2.19. The minimum absolute atomic E-state index is 0.477. The highest BCUT2D eigenvalue weighted by atomic mass is 16.5. The van der Waals surface area contributed by atoms with Crippen LogP contribution >= 0.6 is 0 Å². The van der Waals surface area contributed by atoms with Crippen LogP contribution in [0, 0.1) is 5.92 Å². The number of benzene rings is 1. The highest BCUT2D eigenvalue weighted by Gasteiger charge is 2.15. The molecule has 0 spiro atoms. The van der Waals surface area contributed by atoms with Crippen LogP contribution < -0.4 is 10.6 Å². The van der Waals surface area contributed by atoms with E-state index >= 15 is 0 Å². The molecule has 2 aromatic rings. The smallest absolute Gasteiger partial charge is 0.191 e. The van der Waals surface area contributed by atoms with Crippen molar-refractivity contribution in [3.63, 3.8) is 0 Å². The van der Waals surface area contributed by atoms with Gasteiger partial charge in [-0.25, -0.2) is 0 Å². The summed E-state index contributed by atoms with van der Waals surface area (Å²) in [6.45, 7) is 7.41. The van der Waals surface area contributed by atoms with Crippen LogP contribution in [0.2, 0.25) is 0 Å². The summed E-state index contributed by atoms with van der Waals surface area (Å²) in [5, 5.41) is 6.96. The van der Waals surface area contributed by atoms with Crippen LogP contribution in [0.4, 0.5) is 0 Å². The Morgan fingerprint density at radius 3 is 2.73 bits per heavy atom. The molecule has 2 unspecified atom stereocenters. The number of furan rings is 1. The van der Waals surface area contributed by atoms with E-state index in [4.69, 9.17) is 14.1 Å². The zero-order valence-corrected chi connectivity index (χ0v) is 18.3. The minimum Gasteiger partial charge on any atom is -0.469 e. The number of rotatable bonds is 11. The van der Waals surface area contributed by atoms with Gasteiger partial charge in [0, 0.05) is 51.2 Å². The van der Waals surface area contributed by atoms with Crippen LogP contribution in [-0.4, -0.2) is 56.8 Å². The zero-order chi connectivity index (χ0) is 21.0. The number of hydrogen-bond acceptors (Lipinski definition) is 4. The average molecular weight is 413 g/mol. The molecular weight excluding hydrogens is 376 g/mol. The lowest BCUT2D eigenvalue weighted by Gasteiger charge is -2.25. The van der Waals surface area contributed by atoms with Crippen LogP contribution in [0.5, 0.6) is 0 Å². The third-order valence-electron chi connectivity index (χ3n) is 5.66. The normalized spacial score (nSPS) is 18.0. The third-order valence-corrected chi connectivity index (χ3v) is 5.66. The molecule has 2 heterocycles. The van der Waals surface area contributed by atoms with E-state index in [2.05, 4.69) is 59.8 Å². The molecule has 164 valence electrons. The van der Waals surface area contributed by atoms with Crippen molar-refractivity contribution in [2.24, 2.45) is 10.9 Å². The molecule has 2 N–H and O–H groups in total. The minimum atomic E-state index is 0.477. The maximum absolute atomic E-state index is 5.48. The number of nitrogens with one attached hydrogen (secondary N) is 2. The predicted octanol–water partition coefficient (Wildman–Crippen LogP) is 3.30. The maximum Gasteiger partial charge on any atom is 0.191 e. The Kier molecular flexibility index (Phi) is 9.25. The Hall–Kier alpha value is -2.31. The zero-order valence-electron chi connectivity index (χ0n) is 18.3. The molecule has 0 saturated carbocycles. The summed E-state index contributed by atoms with van der Waals surface area (Å²) >= 11 is 0. The molecule has 0 amide bonds. The van der Waals surface area contributed by atoms with Crippen molar-refractivity contribution in [2.75, 3.05) is 39.9 Å². The third kappa shape index (κ3) is 7.84. The van der Waals surface area contributed by atoms with Crippen LogP contribution in [0.15, 0.2) is 58.1 Å². The molecule has 1 aromatic heterocycles. The number of hydrogen-bond donors (Lipinski definition) is 2. The van der Waals surface area contributed by atoms with E-state index in [9.17, 15) is 0 Å². The molecule has 1 saturated heterocycles. The lowest BCUT2D eigenvalue weighted by atomic mass is 10.1. The molecule has 30 heavy (non-hydrogen) atoms. The van der Waals surface area contributed by atoms with E-state index in [1.54, 1.807) is 6.26 Å². The molecule has 6 heteroatoms. The number of guanidine groups is 1. The van der Waals surface area contributed by atoms with E-state index in [1.807, 2.05) is 12.1 Å². The second kappa shape index (κ2) is 12.4. The van der Waals surface area contributed by atoms with E-state index in [-0.39, 0.29) is 0 Å². The summed E-state index contributed by atoms with van der Waals surface area (Å²) < 4.78 is 10.9. The van der Waals surface area contributed by atoms with Gasteiger partial charge in [0.2, 0.25) is 0 Å². The standard InChI is InChI=1S/C24H36N4O2/c1-20(28(2)18-21-7-4-3-5-8-21)10-13-25-24(27-17-22-12-16-29-19-22)26-14-11-23-9-6-15-30-23/h3-9,15,20,22H,10-14,16-19H2,1-2H3,(H2,25,26,27). The first kappa shape index (κ1) is 22.4. The summed E-state index contributed by atoms with van der Waals surface area (Å²) in [5.41, 5.74) is 1.35. The van der Waals surface area contributed by atoms with Gasteiger partial charge in [0.05, 0.1) is 12.9 Å². The number of aliphatic imine (C=N–C) groups is 1. The van der Waals surface area contributed by atoms with Crippen molar-refractivity contribution >= 4 is 5.96 Å². The molecule has 6 nitrogen and oxygen atoms in total. The molecule has 3 rings (SSSR count). The first-order chi connectivity index (χ1) is 14.7. The average Bonchev–Trinajstić information content (AvgIpc) is 3.46.